The number of nitrogens with zero attached hydrogens (tertiary/aromatic N) is 3. The van der Waals surface area contributed by atoms with Crippen LogP contribution in [-0.4, -0.2) is 40.9 Å². The Kier molecular flexibility index (Phi) is 9.78. The largest absolute Gasteiger partial charge is 0.497 e. The molecule has 1 N–H and O–H groups in total. The van der Waals surface area contributed by atoms with Crippen molar-refractivity contribution in [2.75, 3.05) is 18.6 Å². The van der Waals surface area contributed by atoms with Crippen LogP contribution in [0.1, 0.15) is 71.0 Å². The number of rotatable bonds is 9. The van der Waals surface area contributed by atoms with Crippen LogP contribution < -0.4 is 4.90 Å². The Labute approximate surface area is 232 Å². The summed E-state index contributed by atoms with van der Waals surface area (Å²) in [6.45, 7) is 10.9. The van der Waals surface area contributed by atoms with Crippen LogP contribution in [0.15, 0.2) is 64.4 Å². The van der Waals surface area contributed by atoms with Crippen LogP contribution in [0.2, 0.25) is 0 Å². The van der Waals surface area contributed by atoms with Crippen LogP contribution in [0, 0.1) is 24.7 Å². The maximum absolute atomic E-state index is 13.9. The Balaban J connectivity index is 1.47. The van der Waals surface area contributed by atoms with Crippen LogP contribution >= 0.6 is 0 Å². The molecule has 7 heteroatoms. The molecule has 1 aromatic heterocycles. The van der Waals surface area contributed by atoms with E-state index in [1.165, 1.54) is 0 Å². The Morgan fingerprint density at radius 3 is 2.41 bits per heavy atom. The molecule has 7 nitrogen and oxygen atoms in total. The Bertz CT molecular complexity index is 1190. The van der Waals surface area contributed by atoms with E-state index in [-0.39, 0.29) is 17.9 Å². The average Bonchev–Trinajstić information content (AvgIpc) is 3.38. The highest BCUT2D eigenvalue weighted by atomic mass is 16.5. The van der Waals surface area contributed by atoms with Gasteiger partial charge in [0.15, 0.2) is 5.82 Å². The lowest BCUT2D eigenvalue weighted by Gasteiger charge is -2.36. The molecule has 0 spiro atoms. The molecule has 39 heavy (non-hydrogen) atoms. The lowest BCUT2D eigenvalue weighted by atomic mass is 9.78. The van der Waals surface area contributed by atoms with Gasteiger partial charge >= 0.3 is 0 Å². The van der Waals surface area contributed by atoms with Crippen LogP contribution in [0.3, 0.4) is 0 Å². The van der Waals surface area contributed by atoms with E-state index in [4.69, 9.17) is 9.26 Å². The summed E-state index contributed by atoms with van der Waals surface area (Å²) in [5.41, 5.74) is 3.95. The summed E-state index contributed by atoms with van der Waals surface area (Å²) in [4.78, 5) is 20.2. The zero-order valence-electron chi connectivity index (χ0n) is 23.9. The van der Waals surface area contributed by atoms with Crippen LogP contribution in [0.5, 0.6) is 0 Å². The first kappa shape index (κ1) is 28.8. The van der Waals surface area contributed by atoms with Gasteiger partial charge in [-0.25, -0.2) is 0 Å². The number of aliphatic hydroxyl groups is 1. The molecule has 2 saturated carbocycles. The number of aryl methyl sites for hydroxylation is 1. The molecule has 1 heterocycles. The fourth-order valence-electron chi connectivity index (χ4n) is 5.82. The van der Waals surface area contributed by atoms with Crippen molar-refractivity contribution in [3.63, 3.8) is 0 Å². The Hall–Kier alpha value is -3.19. The zero-order chi connectivity index (χ0) is 27.9. The van der Waals surface area contributed by atoms with Crippen molar-refractivity contribution < 1.29 is 19.2 Å². The topological polar surface area (TPSA) is 88.7 Å². The molecule has 1 aromatic carbocycles. The summed E-state index contributed by atoms with van der Waals surface area (Å²) in [6.07, 6.45) is 10.9. The van der Waals surface area contributed by atoms with Crippen molar-refractivity contribution in [3.8, 4) is 11.5 Å². The molecular formula is C32H43N3O4. The SMILES string of the molecule is C=C(/C=C\C(OC)=C(C)C)C1CCC(CN(C(=O)C2CCC(O)CC2)c2cccc(-c3nc(C)no3)c2)CC1. The third-order valence-electron chi connectivity index (χ3n) is 8.22. The van der Waals surface area contributed by atoms with E-state index in [1.807, 2.05) is 49.1 Å². The highest BCUT2D eigenvalue weighted by molar-refractivity contribution is 5.95. The molecule has 2 aromatic rings. The Morgan fingerprint density at radius 2 is 1.79 bits per heavy atom. The number of aromatic nitrogens is 2. The standard InChI is InChI=1S/C32H43N3O4/c1-21(2)30(38-5)18-9-22(3)25-12-10-24(11-13-25)20-35(32(37)26-14-16-29(36)17-15-26)28-8-6-7-27(19-28)31-33-23(4)34-39-31/h6-9,18-19,24-26,29,36H,3,10-17,20H2,1-2,4-5H3/b18-9-. The van der Waals surface area contributed by atoms with Gasteiger partial charge in [-0.2, -0.15) is 4.98 Å². The molecule has 0 saturated heterocycles. The monoisotopic (exact) mass is 533 g/mol. The maximum atomic E-state index is 13.9. The summed E-state index contributed by atoms with van der Waals surface area (Å²) in [5.74, 6) is 2.87. The van der Waals surface area contributed by atoms with E-state index in [0.29, 0.717) is 42.9 Å². The van der Waals surface area contributed by atoms with Crippen LogP contribution in [0.4, 0.5) is 5.69 Å². The number of aliphatic hydroxyl groups excluding tert-OH is 1. The van der Waals surface area contributed by atoms with Gasteiger partial charge in [-0.15, -0.1) is 0 Å². The van der Waals surface area contributed by atoms with Gasteiger partial charge in [0.1, 0.15) is 5.76 Å². The number of amides is 1. The lowest BCUT2D eigenvalue weighted by Crippen LogP contribution is -2.42. The second-order valence-electron chi connectivity index (χ2n) is 11.3. The number of ether oxygens (including phenoxy) is 1. The van der Waals surface area contributed by atoms with Crippen molar-refractivity contribution in [2.45, 2.75) is 78.2 Å². The van der Waals surface area contributed by atoms with Crippen molar-refractivity contribution in [1.82, 2.24) is 10.1 Å². The molecule has 0 unspecified atom stereocenters. The van der Waals surface area contributed by atoms with E-state index in [2.05, 4.69) is 22.8 Å². The van der Waals surface area contributed by atoms with Gasteiger partial charge in [0.05, 0.1) is 13.2 Å². The molecule has 2 fully saturated rings. The van der Waals surface area contributed by atoms with Gasteiger partial charge in [-0.05, 0) is 114 Å². The molecule has 4 rings (SSSR count). The summed E-state index contributed by atoms with van der Waals surface area (Å²) < 4.78 is 10.9. The maximum Gasteiger partial charge on any atom is 0.257 e. The quantitative estimate of drug-likeness (QED) is 0.282. The third kappa shape index (κ3) is 7.47. The molecule has 2 aliphatic rings. The average molecular weight is 534 g/mol. The van der Waals surface area contributed by atoms with E-state index in [1.54, 1.807) is 14.0 Å². The van der Waals surface area contributed by atoms with E-state index in [9.17, 15) is 9.90 Å². The molecule has 0 aliphatic heterocycles. The number of hydrogen-bond donors (Lipinski definition) is 1. The molecule has 0 atom stereocenters. The number of anilines is 1. The normalized spacial score (nSPS) is 23.4. The smallest absolute Gasteiger partial charge is 0.257 e. The minimum atomic E-state index is -0.291. The van der Waals surface area contributed by atoms with Crippen LogP contribution in [-0.2, 0) is 9.53 Å². The van der Waals surface area contributed by atoms with E-state index >= 15 is 0 Å². The minimum Gasteiger partial charge on any atom is -0.497 e. The first-order chi connectivity index (χ1) is 18.7. The van der Waals surface area contributed by atoms with Crippen molar-refractivity contribution in [1.29, 1.82) is 0 Å². The predicted octanol–water partition coefficient (Wildman–Crippen LogP) is 6.79. The highest BCUT2D eigenvalue weighted by Crippen LogP contribution is 2.36. The van der Waals surface area contributed by atoms with Gasteiger partial charge in [-0.1, -0.05) is 29.5 Å². The zero-order valence-corrected chi connectivity index (χ0v) is 23.9. The number of allylic oxidation sites excluding steroid dienone is 4. The van der Waals surface area contributed by atoms with E-state index in [0.717, 1.165) is 66.7 Å². The summed E-state index contributed by atoms with van der Waals surface area (Å²) in [7, 11) is 1.70. The molecule has 2 aliphatic carbocycles. The van der Waals surface area contributed by atoms with Gasteiger partial charge in [-0.3, -0.25) is 4.79 Å². The summed E-state index contributed by atoms with van der Waals surface area (Å²) in [6, 6.07) is 7.86. The predicted molar refractivity (Wildman–Crippen MR) is 154 cm³/mol. The number of benzene rings is 1. The molecule has 210 valence electrons. The minimum absolute atomic E-state index is 0.0611. The molecule has 0 bridgehead atoms. The fraction of sp³-hybridized carbons (Fsp3) is 0.531. The number of carbonyl (C=O) groups excluding carboxylic acids is 1. The number of hydrogen-bond acceptors (Lipinski definition) is 6. The number of carbonyl (C=O) groups is 1. The van der Waals surface area contributed by atoms with Crippen molar-refractivity contribution in [3.05, 3.63) is 65.7 Å². The van der Waals surface area contributed by atoms with Gasteiger partial charge in [0, 0.05) is 23.7 Å². The third-order valence-corrected chi connectivity index (χ3v) is 8.22. The first-order valence-electron chi connectivity index (χ1n) is 14.2. The molecule has 1 amide bonds. The second-order valence-corrected chi connectivity index (χ2v) is 11.3. The summed E-state index contributed by atoms with van der Waals surface area (Å²) in [5, 5.41) is 13.9. The van der Waals surface area contributed by atoms with Gasteiger partial charge in [0.2, 0.25) is 5.91 Å². The Morgan fingerprint density at radius 1 is 1.10 bits per heavy atom. The second kappa shape index (κ2) is 13.2. The van der Waals surface area contributed by atoms with Gasteiger partial charge < -0.3 is 19.3 Å². The summed E-state index contributed by atoms with van der Waals surface area (Å²) >= 11 is 0. The number of methoxy groups -OCH3 is 1. The fourth-order valence-corrected chi connectivity index (χ4v) is 5.82. The molecular weight excluding hydrogens is 490 g/mol. The van der Waals surface area contributed by atoms with E-state index < -0.39 is 0 Å². The van der Waals surface area contributed by atoms with Crippen molar-refractivity contribution in [2.24, 2.45) is 17.8 Å². The van der Waals surface area contributed by atoms with Gasteiger partial charge in [0.25, 0.3) is 5.89 Å². The first-order valence-corrected chi connectivity index (χ1v) is 14.2. The van der Waals surface area contributed by atoms with Crippen molar-refractivity contribution >= 4 is 11.6 Å². The van der Waals surface area contributed by atoms with Crippen LogP contribution in [0.25, 0.3) is 11.5 Å². The molecule has 0 radical (unpaired) electrons. The highest BCUT2D eigenvalue weighted by Gasteiger charge is 2.32. The lowest BCUT2D eigenvalue weighted by molar-refractivity contribution is -0.124.